The van der Waals surface area contributed by atoms with Crippen molar-refractivity contribution < 1.29 is 4.79 Å². The van der Waals surface area contributed by atoms with E-state index in [1.54, 1.807) is 4.68 Å². The van der Waals surface area contributed by atoms with Gasteiger partial charge in [-0.25, -0.2) is 9.67 Å². The number of carbonyl (C=O) groups excluding carboxylic acids is 1. The smallest absolute Gasteiger partial charge is 0.281 e. The summed E-state index contributed by atoms with van der Waals surface area (Å²) in [4.78, 5) is 36.4. The molecule has 1 aliphatic heterocycles. The summed E-state index contributed by atoms with van der Waals surface area (Å²) in [5.74, 6) is 0.870. The second kappa shape index (κ2) is 10.2. The van der Waals surface area contributed by atoms with Crippen molar-refractivity contribution in [2.24, 2.45) is 0 Å². The molecule has 0 radical (unpaired) electrons. The minimum Gasteiger partial charge on any atom is -0.342 e. The van der Waals surface area contributed by atoms with Crippen LogP contribution in [0.3, 0.4) is 0 Å². The second-order valence-corrected chi connectivity index (χ2v) is 11.2. The number of H-pyrrole nitrogens is 1. The van der Waals surface area contributed by atoms with Crippen LogP contribution in [0.25, 0.3) is 11.2 Å². The van der Waals surface area contributed by atoms with Crippen molar-refractivity contribution in [3.8, 4) is 0 Å². The summed E-state index contributed by atoms with van der Waals surface area (Å²) in [5, 5.41) is 9.54. The largest absolute Gasteiger partial charge is 0.342 e. The van der Waals surface area contributed by atoms with Gasteiger partial charge in [-0.2, -0.15) is 0 Å². The molecule has 4 aromatic rings. The quantitative estimate of drug-likeness (QED) is 0.373. The van der Waals surface area contributed by atoms with E-state index < -0.39 is 5.41 Å². The molecule has 3 heterocycles. The van der Waals surface area contributed by atoms with E-state index in [0.29, 0.717) is 41.2 Å². The molecule has 2 aliphatic rings. The first kappa shape index (κ1) is 25.1. The maximum atomic E-state index is 13.9. The molecule has 10 heteroatoms. The number of fused-ring (bicyclic) bond motifs is 1. The first-order chi connectivity index (χ1) is 18.4. The number of nitrogens with zero attached hydrogens (tertiary/aromatic N) is 5. The summed E-state index contributed by atoms with van der Waals surface area (Å²) < 4.78 is 1.63. The molecule has 0 unspecified atom stereocenters. The van der Waals surface area contributed by atoms with Gasteiger partial charge in [0.1, 0.15) is 5.82 Å². The Balaban J connectivity index is 1.21. The summed E-state index contributed by atoms with van der Waals surface area (Å²) >= 11 is 12.3. The standard InChI is InChI=1S/C28H28Cl2N6O2/c29-21-8-6-20(7-9-21)28(12-1-2-13-28)27(38)35-14-10-19(11-15-35)24-31-25-23(26(37)32-24)33-34-36(25)17-18-4-3-5-22(30)16-18/h3-9,16,19H,1-2,10-15,17H2,(H,31,32,37). The molecule has 2 aromatic carbocycles. The van der Waals surface area contributed by atoms with Crippen molar-refractivity contribution in [1.82, 2.24) is 29.9 Å². The van der Waals surface area contributed by atoms with Crippen molar-refractivity contribution in [3.05, 3.63) is 85.9 Å². The van der Waals surface area contributed by atoms with Gasteiger partial charge in [0.15, 0.2) is 11.2 Å². The number of hydrogen-bond acceptors (Lipinski definition) is 5. The number of aromatic amines is 1. The van der Waals surface area contributed by atoms with Crippen LogP contribution in [0.5, 0.6) is 0 Å². The van der Waals surface area contributed by atoms with Crippen LogP contribution in [-0.4, -0.2) is 48.9 Å². The molecular weight excluding hydrogens is 523 g/mol. The average molecular weight is 551 g/mol. The van der Waals surface area contributed by atoms with Gasteiger partial charge in [0.2, 0.25) is 5.91 Å². The van der Waals surface area contributed by atoms with Crippen LogP contribution in [0.2, 0.25) is 10.0 Å². The lowest BCUT2D eigenvalue weighted by atomic mass is 9.77. The Morgan fingerprint density at radius 3 is 2.47 bits per heavy atom. The zero-order valence-corrected chi connectivity index (χ0v) is 22.4. The molecular formula is C28H28Cl2N6O2. The third-order valence-corrected chi connectivity index (χ3v) is 8.53. The SMILES string of the molecule is O=C(N1CCC(c2nc3c(nnn3Cc3cccc(Cl)c3)c(=O)[nH]2)CC1)C1(c2ccc(Cl)cc2)CCCC1. The van der Waals surface area contributed by atoms with Crippen LogP contribution >= 0.6 is 23.2 Å². The second-order valence-electron chi connectivity index (χ2n) is 10.4. The van der Waals surface area contributed by atoms with Crippen LogP contribution in [0.4, 0.5) is 0 Å². The number of rotatable bonds is 5. The molecule has 1 amide bonds. The fraction of sp³-hybridized carbons (Fsp3) is 0.393. The first-order valence-electron chi connectivity index (χ1n) is 13.1. The highest BCUT2D eigenvalue weighted by atomic mass is 35.5. The third kappa shape index (κ3) is 4.60. The maximum absolute atomic E-state index is 13.9. The molecule has 196 valence electrons. The number of piperidine rings is 1. The van der Waals surface area contributed by atoms with E-state index in [2.05, 4.69) is 15.3 Å². The number of benzene rings is 2. The Labute approximate surface area is 230 Å². The summed E-state index contributed by atoms with van der Waals surface area (Å²) in [5.41, 5.74) is 1.91. The Hall–Kier alpha value is -3.23. The molecule has 1 saturated carbocycles. The van der Waals surface area contributed by atoms with E-state index in [9.17, 15) is 9.59 Å². The van der Waals surface area contributed by atoms with Gasteiger partial charge >= 0.3 is 0 Å². The number of hydrogen-bond donors (Lipinski definition) is 1. The van der Waals surface area contributed by atoms with E-state index >= 15 is 0 Å². The molecule has 0 bridgehead atoms. The average Bonchev–Trinajstić information content (AvgIpc) is 3.58. The van der Waals surface area contributed by atoms with Crippen LogP contribution in [0, 0.1) is 0 Å². The van der Waals surface area contributed by atoms with Crippen LogP contribution < -0.4 is 5.56 Å². The van der Waals surface area contributed by atoms with Crippen molar-refractivity contribution in [3.63, 3.8) is 0 Å². The van der Waals surface area contributed by atoms with Crippen molar-refractivity contribution in [2.45, 2.75) is 56.4 Å². The molecule has 1 N–H and O–H groups in total. The van der Waals surface area contributed by atoms with Gasteiger partial charge in [-0.1, -0.05) is 65.5 Å². The molecule has 1 aliphatic carbocycles. The van der Waals surface area contributed by atoms with Gasteiger partial charge in [0, 0.05) is 29.1 Å². The number of nitrogens with one attached hydrogen (secondary N) is 1. The predicted molar refractivity (Wildman–Crippen MR) is 147 cm³/mol. The minimum atomic E-state index is -0.471. The predicted octanol–water partition coefficient (Wildman–Crippen LogP) is 5.09. The van der Waals surface area contributed by atoms with Gasteiger partial charge in [-0.3, -0.25) is 9.59 Å². The third-order valence-electron chi connectivity index (χ3n) is 8.05. The van der Waals surface area contributed by atoms with Crippen molar-refractivity contribution >= 4 is 40.3 Å². The van der Waals surface area contributed by atoms with E-state index in [0.717, 1.165) is 49.7 Å². The van der Waals surface area contributed by atoms with Crippen LogP contribution in [-0.2, 0) is 16.8 Å². The van der Waals surface area contributed by atoms with Gasteiger partial charge in [-0.05, 0) is 61.1 Å². The lowest BCUT2D eigenvalue weighted by Crippen LogP contribution is -2.48. The zero-order chi connectivity index (χ0) is 26.3. The highest BCUT2D eigenvalue weighted by Gasteiger charge is 2.45. The van der Waals surface area contributed by atoms with E-state index in [1.807, 2.05) is 53.4 Å². The van der Waals surface area contributed by atoms with Gasteiger partial charge in [0.25, 0.3) is 5.56 Å². The topological polar surface area (TPSA) is 96.8 Å². The molecule has 0 atom stereocenters. The summed E-state index contributed by atoms with van der Waals surface area (Å²) in [6, 6.07) is 15.2. The van der Waals surface area contributed by atoms with Crippen LogP contribution in [0.1, 0.15) is 61.4 Å². The first-order valence-corrected chi connectivity index (χ1v) is 13.8. The molecule has 8 nitrogen and oxygen atoms in total. The molecule has 0 spiro atoms. The summed E-state index contributed by atoms with van der Waals surface area (Å²) in [7, 11) is 0. The van der Waals surface area contributed by atoms with E-state index in [-0.39, 0.29) is 22.9 Å². The van der Waals surface area contributed by atoms with E-state index in [4.69, 9.17) is 28.2 Å². The Morgan fingerprint density at radius 1 is 1.03 bits per heavy atom. The van der Waals surface area contributed by atoms with Crippen LogP contribution in [0.15, 0.2) is 53.3 Å². The number of likely N-dealkylation sites (tertiary alicyclic amines) is 1. The normalized spacial score (nSPS) is 17.8. The highest BCUT2D eigenvalue weighted by molar-refractivity contribution is 6.30. The number of halogens is 2. The Kier molecular flexibility index (Phi) is 6.70. The van der Waals surface area contributed by atoms with Crippen molar-refractivity contribution in [2.75, 3.05) is 13.1 Å². The number of aromatic nitrogens is 5. The monoisotopic (exact) mass is 550 g/mol. The maximum Gasteiger partial charge on any atom is 0.281 e. The van der Waals surface area contributed by atoms with Crippen molar-refractivity contribution in [1.29, 1.82) is 0 Å². The van der Waals surface area contributed by atoms with Gasteiger partial charge in [-0.15, -0.1) is 5.10 Å². The molecule has 1 saturated heterocycles. The minimum absolute atomic E-state index is 0.0423. The number of amides is 1. The van der Waals surface area contributed by atoms with E-state index in [1.165, 1.54) is 0 Å². The summed E-state index contributed by atoms with van der Waals surface area (Å²) in [6.45, 7) is 1.66. The van der Waals surface area contributed by atoms with Gasteiger partial charge < -0.3 is 9.88 Å². The van der Waals surface area contributed by atoms with Gasteiger partial charge in [0.05, 0.1) is 12.0 Å². The Bertz CT molecular complexity index is 1530. The fourth-order valence-electron chi connectivity index (χ4n) is 6.02. The fourth-order valence-corrected chi connectivity index (χ4v) is 6.36. The Morgan fingerprint density at radius 2 is 1.76 bits per heavy atom. The summed E-state index contributed by atoms with van der Waals surface area (Å²) in [6.07, 6.45) is 5.28. The molecule has 2 fully saturated rings. The molecule has 2 aromatic heterocycles. The highest BCUT2D eigenvalue weighted by Crippen LogP contribution is 2.43. The number of carbonyl (C=O) groups is 1. The zero-order valence-electron chi connectivity index (χ0n) is 20.9. The molecule has 6 rings (SSSR count). The lowest BCUT2D eigenvalue weighted by Gasteiger charge is -2.38. The lowest BCUT2D eigenvalue weighted by molar-refractivity contribution is -0.138. The molecule has 38 heavy (non-hydrogen) atoms.